The average molecular weight is 342 g/mol. The van der Waals surface area contributed by atoms with Crippen LogP contribution in [0.25, 0.3) is 0 Å². The molecule has 0 bridgehead atoms. The number of aromatic nitrogens is 2. The summed E-state index contributed by atoms with van der Waals surface area (Å²) >= 11 is 0. The first-order valence-corrected chi connectivity index (χ1v) is 8.47. The van der Waals surface area contributed by atoms with E-state index in [0.29, 0.717) is 13.0 Å². The van der Waals surface area contributed by atoms with Gasteiger partial charge in [0.1, 0.15) is 0 Å². The smallest absolute Gasteiger partial charge is 0.273 e. The van der Waals surface area contributed by atoms with Gasteiger partial charge in [-0.05, 0) is 17.5 Å². The standard InChI is InChI=1S/C14H16F2N4O2S/c1-19-9-12(13(17-19)14(15)16)18-23(21,22)20-7-6-10-4-2-3-5-11(10)8-20/h2-5,9,14,18H,6-8H2,1H3. The van der Waals surface area contributed by atoms with Crippen molar-refractivity contribution in [2.45, 2.75) is 19.4 Å². The van der Waals surface area contributed by atoms with Crippen LogP contribution >= 0.6 is 0 Å². The minimum absolute atomic E-state index is 0.193. The van der Waals surface area contributed by atoms with Crippen molar-refractivity contribution in [2.24, 2.45) is 7.05 Å². The van der Waals surface area contributed by atoms with Gasteiger partial charge in [0.15, 0.2) is 5.69 Å². The number of rotatable bonds is 4. The third-order valence-electron chi connectivity index (χ3n) is 3.74. The molecule has 23 heavy (non-hydrogen) atoms. The Hall–Kier alpha value is -2.00. The molecule has 3 rings (SSSR count). The van der Waals surface area contributed by atoms with Gasteiger partial charge in [0.2, 0.25) is 0 Å². The van der Waals surface area contributed by atoms with Crippen molar-refractivity contribution in [1.29, 1.82) is 0 Å². The van der Waals surface area contributed by atoms with E-state index >= 15 is 0 Å². The molecule has 0 saturated carbocycles. The lowest BCUT2D eigenvalue weighted by atomic mass is 10.0. The zero-order chi connectivity index (χ0) is 16.6. The number of nitrogens with one attached hydrogen (secondary N) is 1. The zero-order valence-electron chi connectivity index (χ0n) is 12.4. The molecule has 0 aliphatic carbocycles. The quantitative estimate of drug-likeness (QED) is 0.925. The zero-order valence-corrected chi connectivity index (χ0v) is 13.2. The minimum Gasteiger partial charge on any atom is -0.273 e. The van der Waals surface area contributed by atoms with Crippen molar-refractivity contribution in [3.05, 3.63) is 47.3 Å². The molecule has 2 heterocycles. The topological polar surface area (TPSA) is 67.2 Å². The summed E-state index contributed by atoms with van der Waals surface area (Å²) in [5.74, 6) is 0. The van der Waals surface area contributed by atoms with Gasteiger partial charge in [-0.3, -0.25) is 9.40 Å². The lowest BCUT2D eigenvalue weighted by Crippen LogP contribution is -2.39. The SMILES string of the molecule is Cn1cc(NS(=O)(=O)N2CCc3ccccc3C2)c(C(F)F)n1. The molecule has 6 nitrogen and oxygen atoms in total. The molecule has 1 aromatic heterocycles. The van der Waals surface area contributed by atoms with Crippen LogP contribution in [0.1, 0.15) is 23.2 Å². The van der Waals surface area contributed by atoms with Crippen molar-refractivity contribution in [3.8, 4) is 0 Å². The van der Waals surface area contributed by atoms with E-state index in [0.717, 1.165) is 15.8 Å². The van der Waals surface area contributed by atoms with E-state index in [-0.39, 0.29) is 12.2 Å². The maximum atomic E-state index is 12.9. The van der Waals surface area contributed by atoms with Crippen LogP contribution in [-0.4, -0.2) is 29.0 Å². The van der Waals surface area contributed by atoms with Gasteiger partial charge in [0.25, 0.3) is 6.43 Å². The molecule has 0 unspecified atom stereocenters. The number of fused-ring (bicyclic) bond motifs is 1. The van der Waals surface area contributed by atoms with Crippen molar-refractivity contribution < 1.29 is 17.2 Å². The number of nitrogens with zero attached hydrogens (tertiary/aromatic N) is 3. The Kier molecular flexibility index (Phi) is 4.07. The predicted octanol–water partition coefficient (Wildman–Crippen LogP) is 2.07. The second-order valence-electron chi connectivity index (χ2n) is 5.36. The van der Waals surface area contributed by atoms with E-state index in [2.05, 4.69) is 9.82 Å². The van der Waals surface area contributed by atoms with Crippen LogP contribution in [0.2, 0.25) is 0 Å². The fraction of sp³-hybridized carbons (Fsp3) is 0.357. The second kappa shape index (κ2) is 5.89. The van der Waals surface area contributed by atoms with Crippen LogP contribution in [0.15, 0.2) is 30.5 Å². The van der Waals surface area contributed by atoms with Crippen molar-refractivity contribution in [3.63, 3.8) is 0 Å². The van der Waals surface area contributed by atoms with Crippen molar-refractivity contribution >= 4 is 15.9 Å². The number of halogens is 2. The Morgan fingerprint density at radius 2 is 1.96 bits per heavy atom. The maximum Gasteiger partial charge on any atom is 0.302 e. The van der Waals surface area contributed by atoms with Gasteiger partial charge in [0.05, 0.1) is 5.69 Å². The molecule has 2 aromatic rings. The van der Waals surface area contributed by atoms with Gasteiger partial charge in [-0.25, -0.2) is 8.78 Å². The molecular formula is C14H16F2N4O2S. The van der Waals surface area contributed by atoms with E-state index in [1.54, 1.807) is 0 Å². The summed E-state index contributed by atoms with van der Waals surface area (Å²) in [6, 6.07) is 7.58. The van der Waals surface area contributed by atoms with E-state index in [4.69, 9.17) is 0 Å². The molecule has 0 atom stereocenters. The first-order valence-electron chi connectivity index (χ1n) is 7.03. The summed E-state index contributed by atoms with van der Waals surface area (Å²) in [7, 11) is -2.47. The van der Waals surface area contributed by atoms with Gasteiger partial charge in [-0.15, -0.1) is 0 Å². The predicted molar refractivity (Wildman–Crippen MR) is 81.3 cm³/mol. The minimum atomic E-state index is -3.93. The molecule has 0 saturated heterocycles. The van der Waals surface area contributed by atoms with Crippen molar-refractivity contribution in [2.75, 3.05) is 11.3 Å². The summed E-state index contributed by atoms with van der Waals surface area (Å²) in [6.07, 6.45) is -1.03. The van der Waals surface area contributed by atoms with Gasteiger partial charge < -0.3 is 0 Å². The van der Waals surface area contributed by atoms with E-state index in [1.807, 2.05) is 24.3 Å². The summed E-state index contributed by atoms with van der Waals surface area (Å²) in [5, 5.41) is 3.60. The van der Waals surface area contributed by atoms with Crippen LogP contribution in [0.5, 0.6) is 0 Å². The van der Waals surface area contributed by atoms with Crippen LogP contribution < -0.4 is 4.72 Å². The summed E-state index contributed by atoms with van der Waals surface area (Å²) in [4.78, 5) is 0. The fourth-order valence-electron chi connectivity index (χ4n) is 2.62. The second-order valence-corrected chi connectivity index (χ2v) is 7.03. The third kappa shape index (κ3) is 3.20. The molecule has 1 aromatic carbocycles. The lowest BCUT2D eigenvalue weighted by Gasteiger charge is -2.28. The van der Waals surface area contributed by atoms with Crippen LogP contribution in [-0.2, 0) is 30.2 Å². The van der Waals surface area contributed by atoms with Gasteiger partial charge in [-0.2, -0.15) is 17.8 Å². The largest absolute Gasteiger partial charge is 0.302 e. The highest BCUT2D eigenvalue weighted by atomic mass is 32.2. The molecule has 1 N–H and O–H groups in total. The molecule has 0 amide bonds. The van der Waals surface area contributed by atoms with E-state index in [1.165, 1.54) is 17.5 Å². The van der Waals surface area contributed by atoms with Crippen LogP contribution in [0, 0.1) is 0 Å². The summed E-state index contributed by atoms with van der Waals surface area (Å²) < 4.78 is 55.5. The first-order chi connectivity index (χ1) is 10.9. The highest BCUT2D eigenvalue weighted by molar-refractivity contribution is 7.90. The van der Waals surface area contributed by atoms with Gasteiger partial charge in [0, 0.05) is 26.3 Å². The average Bonchev–Trinajstić information content (AvgIpc) is 2.87. The monoisotopic (exact) mass is 342 g/mol. The molecule has 1 aliphatic heterocycles. The maximum absolute atomic E-state index is 12.9. The molecule has 0 spiro atoms. The fourth-order valence-corrected chi connectivity index (χ4v) is 3.83. The normalized spacial score (nSPS) is 15.7. The molecule has 124 valence electrons. The van der Waals surface area contributed by atoms with Crippen LogP contribution in [0.4, 0.5) is 14.5 Å². The number of anilines is 1. The van der Waals surface area contributed by atoms with Crippen molar-refractivity contribution in [1.82, 2.24) is 14.1 Å². The first kappa shape index (κ1) is 15.9. The number of alkyl halides is 2. The number of aryl methyl sites for hydroxylation is 1. The summed E-state index contributed by atoms with van der Waals surface area (Å²) in [5.41, 5.74) is 1.26. The molecular weight excluding hydrogens is 326 g/mol. The Morgan fingerprint density at radius 1 is 1.26 bits per heavy atom. The van der Waals surface area contributed by atoms with Gasteiger partial charge >= 0.3 is 10.2 Å². The Labute approximate surface area is 132 Å². The Balaban J connectivity index is 1.83. The molecule has 1 aliphatic rings. The van der Waals surface area contributed by atoms with E-state index in [9.17, 15) is 17.2 Å². The highest BCUT2D eigenvalue weighted by Crippen LogP contribution is 2.27. The Bertz CT molecular complexity index is 820. The Morgan fingerprint density at radius 3 is 2.65 bits per heavy atom. The number of hydrogen-bond acceptors (Lipinski definition) is 3. The van der Waals surface area contributed by atoms with E-state index < -0.39 is 22.3 Å². The number of hydrogen-bond donors (Lipinski definition) is 1. The van der Waals surface area contributed by atoms with Crippen LogP contribution in [0.3, 0.4) is 0 Å². The summed E-state index contributed by atoms with van der Waals surface area (Å²) in [6.45, 7) is 0.520. The molecule has 0 radical (unpaired) electrons. The lowest BCUT2D eigenvalue weighted by molar-refractivity contribution is 0.146. The van der Waals surface area contributed by atoms with Gasteiger partial charge in [-0.1, -0.05) is 24.3 Å². The third-order valence-corrected chi connectivity index (χ3v) is 5.21. The highest BCUT2D eigenvalue weighted by Gasteiger charge is 2.29. The molecule has 0 fully saturated rings. The molecule has 9 heteroatoms. The number of benzene rings is 1.